The molecule has 1 N–H and O–H groups in total. The topological polar surface area (TPSA) is 49.4 Å². The van der Waals surface area contributed by atoms with Crippen molar-refractivity contribution < 1.29 is 8.42 Å². The number of hydrogen-bond acceptors (Lipinski definition) is 3. The molecular formula is C15H25BrN2O2S. The van der Waals surface area contributed by atoms with Crippen LogP contribution < -0.4 is 5.32 Å². The Balaban J connectivity index is 3.18. The molecule has 0 atom stereocenters. The largest absolute Gasteiger partial charge is 0.313 e. The van der Waals surface area contributed by atoms with Gasteiger partial charge in [0.1, 0.15) is 0 Å². The molecule has 6 heteroatoms. The molecule has 0 saturated heterocycles. The Morgan fingerprint density at radius 2 is 1.95 bits per heavy atom. The highest BCUT2D eigenvalue weighted by Gasteiger charge is 2.24. The first-order chi connectivity index (χ1) is 9.84. The third-order valence-electron chi connectivity index (χ3n) is 3.37. The summed E-state index contributed by atoms with van der Waals surface area (Å²) in [4.78, 5) is 0.356. The van der Waals surface area contributed by atoms with Gasteiger partial charge in [0.2, 0.25) is 10.0 Å². The van der Waals surface area contributed by atoms with Crippen LogP contribution in [0.2, 0.25) is 0 Å². The van der Waals surface area contributed by atoms with Gasteiger partial charge in [-0.15, -0.1) is 0 Å². The second kappa shape index (κ2) is 8.27. The summed E-state index contributed by atoms with van der Waals surface area (Å²) < 4.78 is 27.5. The molecular weight excluding hydrogens is 352 g/mol. The maximum absolute atomic E-state index is 12.7. The number of nitrogens with one attached hydrogen (secondary N) is 1. The van der Waals surface area contributed by atoms with Gasteiger partial charge >= 0.3 is 0 Å². The molecule has 21 heavy (non-hydrogen) atoms. The lowest BCUT2D eigenvalue weighted by atomic mass is 10.1. The molecule has 0 unspecified atom stereocenters. The van der Waals surface area contributed by atoms with E-state index in [0.717, 1.165) is 30.5 Å². The smallest absolute Gasteiger partial charge is 0.243 e. The zero-order chi connectivity index (χ0) is 16.0. The second-order valence-corrected chi connectivity index (χ2v) is 7.99. The van der Waals surface area contributed by atoms with E-state index in [9.17, 15) is 8.42 Å². The van der Waals surface area contributed by atoms with E-state index in [-0.39, 0.29) is 0 Å². The molecule has 0 aliphatic heterocycles. The van der Waals surface area contributed by atoms with Crippen LogP contribution in [0, 0.1) is 6.92 Å². The van der Waals surface area contributed by atoms with E-state index < -0.39 is 10.0 Å². The molecule has 0 amide bonds. The summed E-state index contributed by atoms with van der Waals surface area (Å²) in [5.74, 6) is 0. The quantitative estimate of drug-likeness (QED) is 0.756. The minimum absolute atomic E-state index is 0.356. The highest BCUT2D eigenvalue weighted by atomic mass is 79.9. The Hall–Kier alpha value is -0.430. The van der Waals surface area contributed by atoms with Crippen molar-refractivity contribution in [3.05, 3.63) is 27.7 Å². The fourth-order valence-corrected chi connectivity index (χ4v) is 4.27. The zero-order valence-corrected chi connectivity index (χ0v) is 15.6. The molecule has 1 aromatic rings. The standard InChI is InChI=1S/C15H25BrN2O2S/c1-5-7-8-18(4)21(19,20)14-10-13(11-17-6-2)9-12(3)15(14)16/h9-10,17H,5-8,11H2,1-4H3. The van der Waals surface area contributed by atoms with E-state index in [2.05, 4.69) is 28.2 Å². The van der Waals surface area contributed by atoms with E-state index >= 15 is 0 Å². The molecule has 0 radical (unpaired) electrons. The Labute approximate surface area is 137 Å². The van der Waals surface area contributed by atoms with Crippen LogP contribution in [0.1, 0.15) is 37.8 Å². The van der Waals surface area contributed by atoms with Gasteiger partial charge in [-0.2, -0.15) is 0 Å². The van der Waals surface area contributed by atoms with Gasteiger partial charge in [0.25, 0.3) is 0 Å². The van der Waals surface area contributed by atoms with Crippen molar-refractivity contribution in [2.24, 2.45) is 0 Å². The van der Waals surface area contributed by atoms with Crippen molar-refractivity contribution in [3.63, 3.8) is 0 Å². The lowest BCUT2D eigenvalue weighted by Gasteiger charge is -2.19. The lowest BCUT2D eigenvalue weighted by Crippen LogP contribution is -2.28. The van der Waals surface area contributed by atoms with Gasteiger partial charge in [0, 0.05) is 24.6 Å². The SMILES string of the molecule is CCCCN(C)S(=O)(=O)c1cc(CNCC)cc(C)c1Br. The van der Waals surface area contributed by atoms with Crippen LogP contribution in [0.25, 0.3) is 0 Å². The predicted molar refractivity (Wildman–Crippen MR) is 91.0 cm³/mol. The van der Waals surface area contributed by atoms with E-state index in [1.54, 1.807) is 13.1 Å². The molecule has 0 fully saturated rings. The summed E-state index contributed by atoms with van der Waals surface area (Å²) in [6.45, 7) is 8.07. The molecule has 0 heterocycles. The normalized spacial score (nSPS) is 12.1. The zero-order valence-electron chi connectivity index (χ0n) is 13.2. The maximum Gasteiger partial charge on any atom is 0.243 e. The lowest BCUT2D eigenvalue weighted by molar-refractivity contribution is 0.459. The molecule has 0 aliphatic carbocycles. The summed E-state index contributed by atoms with van der Waals surface area (Å²) in [6.07, 6.45) is 1.84. The third kappa shape index (κ3) is 4.77. The summed E-state index contributed by atoms with van der Waals surface area (Å²) >= 11 is 3.43. The first kappa shape index (κ1) is 18.6. The highest BCUT2D eigenvalue weighted by molar-refractivity contribution is 9.10. The number of aryl methyl sites for hydroxylation is 1. The minimum atomic E-state index is -3.45. The molecule has 0 saturated carbocycles. The first-order valence-electron chi connectivity index (χ1n) is 7.30. The molecule has 0 aliphatic rings. The van der Waals surface area contributed by atoms with Gasteiger partial charge in [0.15, 0.2) is 0 Å². The van der Waals surface area contributed by atoms with Crippen molar-refractivity contribution in [1.82, 2.24) is 9.62 Å². The molecule has 1 rings (SSSR count). The summed E-state index contributed by atoms with van der Waals surface area (Å²) in [7, 11) is -1.81. The van der Waals surface area contributed by atoms with Gasteiger partial charge in [-0.25, -0.2) is 12.7 Å². The number of unbranched alkanes of at least 4 members (excludes halogenated alkanes) is 1. The van der Waals surface area contributed by atoms with Crippen LogP contribution >= 0.6 is 15.9 Å². The van der Waals surface area contributed by atoms with E-state index in [0.29, 0.717) is 22.5 Å². The van der Waals surface area contributed by atoms with Crippen molar-refractivity contribution in [2.75, 3.05) is 20.1 Å². The van der Waals surface area contributed by atoms with Crippen LogP contribution in [0.4, 0.5) is 0 Å². The van der Waals surface area contributed by atoms with E-state index in [1.165, 1.54) is 4.31 Å². The summed E-state index contributed by atoms with van der Waals surface area (Å²) in [6, 6.07) is 3.77. The van der Waals surface area contributed by atoms with Crippen LogP contribution in [-0.2, 0) is 16.6 Å². The molecule has 0 bridgehead atoms. The fourth-order valence-electron chi connectivity index (χ4n) is 2.04. The molecule has 0 spiro atoms. The van der Waals surface area contributed by atoms with E-state index in [4.69, 9.17) is 0 Å². The summed E-state index contributed by atoms with van der Waals surface area (Å²) in [5.41, 5.74) is 1.92. The Bertz CT molecular complexity index is 573. The molecule has 1 aromatic carbocycles. The fraction of sp³-hybridized carbons (Fsp3) is 0.600. The summed E-state index contributed by atoms with van der Waals surface area (Å²) in [5, 5.41) is 3.23. The monoisotopic (exact) mass is 376 g/mol. The van der Waals surface area contributed by atoms with Crippen LogP contribution in [-0.4, -0.2) is 32.9 Å². The average Bonchev–Trinajstić information content (AvgIpc) is 2.45. The number of benzene rings is 1. The Morgan fingerprint density at radius 1 is 1.29 bits per heavy atom. The molecule has 4 nitrogen and oxygen atoms in total. The van der Waals surface area contributed by atoms with Crippen LogP contribution in [0.3, 0.4) is 0 Å². The Kier molecular flexibility index (Phi) is 7.33. The van der Waals surface area contributed by atoms with Gasteiger partial charge < -0.3 is 5.32 Å². The van der Waals surface area contributed by atoms with Gasteiger partial charge in [-0.3, -0.25) is 0 Å². The molecule has 120 valence electrons. The van der Waals surface area contributed by atoms with Crippen molar-refractivity contribution in [2.45, 2.75) is 45.1 Å². The number of hydrogen-bond donors (Lipinski definition) is 1. The average molecular weight is 377 g/mol. The van der Waals surface area contributed by atoms with Crippen molar-refractivity contribution in [3.8, 4) is 0 Å². The van der Waals surface area contributed by atoms with Gasteiger partial charge in [0.05, 0.1) is 4.90 Å². The number of nitrogens with zero attached hydrogens (tertiary/aromatic N) is 1. The second-order valence-electron chi connectivity index (χ2n) is 5.19. The van der Waals surface area contributed by atoms with Crippen LogP contribution in [0.5, 0.6) is 0 Å². The Morgan fingerprint density at radius 3 is 2.52 bits per heavy atom. The van der Waals surface area contributed by atoms with E-state index in [1.807, 2.05) is 19.9 Å². The third-order valence-corrected chi connectivity index (χ3v) is 6.57. The van der Waals surface area contributed by atoms with Crippen molar-refractivity contribution in [1.29, 1.82) is 0 Å². The van der Waals surface area contributed by atoms with Gasteiger partial charge in [-0.1, -0.05) is 26.3 Å². The van der Waals surface area contributed by atoms with Crippen molar-refractivity contribution >= 4 is 26.0 Å². The first-order valence-corrected chi connectivity index (χ1v) is 9.54. The van der Waals surface area contributed by atoms with Crippen LogP contribution in [0.15, 0.2) is 21.5 Å². The highest BCUT2D eigenvalue weighted by Crippen LogP contribution is 2.29. The number of rotatable bonds is 8. The maximum atomic E-state index is 12.7. The number of sulfonamides is 1. The molecule has 0 aromatic heterocycles. The minimum Gasteiger partial charge on any atom is -0.313 e. The number of halogens is 1. The van der Waals surface area contributed by atoms with Gasteiger partial charge in [-0.05, 0) is 53.0 Å². The predicted octanol–water partition coefficient (Wildman–Crippen LogP) is 3.29.